The predicted octanol–water partition coefficient (Wildman–Crippen LogP) is 4.21. The Kier molecular flexibility index (Phi) is 6.04. The van der Waals surface area contributed by atoms with Gasteiger partial charge in [0, 0.05) is 19.2 Å². The molecule has 2 rings (SSSR count). The van der Waals surface area contributed by atoms with Gasteiger partial charge in [-0.25, -0.2) is 0 Å². The number of nitrogens with zero attached hydrogens (tertiary/aromatic N) is 2. The van der Waals surface area contributed by atoms with Gasteiger partial charge in [0.15, 0.2) is 6.61 Å². The van der Waals surface area contributed by atoms with Crippen LogP contribution in [0.25, 0.3) is 0 Å². The molecule has 0 spiro atoms. The molecule has 0 fully saturated rings. The number of hydrogen-bond donors (Lipinski definition) is 0. The number of rotatable bonds is 6. The maximum Gasteiger partial charge on any atom is 0.416 e. The van der Waals surface area contributed by atoms with Crippen molar-refractivity contribution < 1.29 is 27.6 Å². The van der Waals surface area contributed by atoms with Gasteiger partial charge in [-0.2, -0.15) is 13.2 Å². The minimum absolute atomic E-state index is 0.0745. The van der Waals surface area contributed by atoms with Crippen molar-refractivity contribution in [1.29, 1.82) is 0 Å². The van der Waals surface area contributed by atoms with E-state index in [1.807, 2.05) is 0 Å². The van der Waals surface area contributed by atoms with Gasteiger partial charge in [0.05, 0.1) is 16.5 Å². The number of amides is 1. The first kappa shape index (κ1) is 20.2. The molecule has 0 heterocycles. The molecular weight excluding hydrogens is 365 g/mol. The molecule has 2 aromatic rings. The van der Waals surface area contributed by atoms with Gasteiger partial charge in [-0.05, 0) is 30.7 Å². The Morgan fingerprint density at radius 3 is 2.52 bits per heavy atom. The Morgan fingerprint density at radius 2 is 1.89 bits per heavy atom. The third kappa shape index (κ3) is 5.19. The first-order valence-electron chi connectivity index (χ1n) is 7.89. The van der Waals surface area contributed by atoms with Crippen LogP contribution in [0.2, 0.25) is 0 Å². The molecule has 0 bridgehead atoms. The number of nitro benzene ring substituents is 1. The maximum absolute atomic E-state index is 12.7. The van der Waals surface area contributed by atoms with E-state index in [0.29, 0.717) is 5.56 Å². The molecular formula is C18H17F3N2O4. The number of carbonyl (C=O) groups excluding carboxylic acids is 1. The van der Waals surface area contributed by atoms with Gasteiger partial charge in [-0.15, -0.1) is 0 Å². The van der Waals surface area contributed by atoms with Crippen LogP contribution in [0.1, 0.15) is 24.1 Å². The zero-order valence-electron chi connectivity index (χ0n) is 14.6. The fourth-order valence-electron chi connectivity index (χ4n) is 2.35. The molecule has 1 atom stereocenters. The second-order valence-corrected chi connectivity index (χ2v) is 5.85. The molecule has 2 aromatic carbocycles. The summed E-state index contributed by atoms with van der Waals surface area (Å²) < 4.78 is 43.3. The van der Waals surface area contributed by atoms with Crippen molar-refractivity contribution in [2.24, 2.45) is 0 Å². The van der Waals surface area contributed by atoms with Gasteiger partial charge in [0.25, 0.3) is 11.6 Å². The molecule has 6 nitrogen and oxygen atoms in total. The number of alkyl halides is 3. The summed E-state index contributed by atoms with van der Waals surface area (Å²) in [6.45, 7) is 1.22. The van der Waals surface area contributed by atoms with Gasteiger partial charge < -0.3 is 9.64 Å². The molecule has 0 aliphatic carbocycles. The number of likely N-dealkylation sites (N-methyl/N-ethyl adjacent to an activating group) is 1. The van der Waals surface area contributed by atoms with Crippen LogP contribution in [-0.4, -0.2) is 29.4 Å². The third-order valence-electron chi connectivity index (χ3n) is 4.06. The van der Waals surface area contributed by atoms with Crippen molar-refractivity contribution in [2.75, 3.05) is 13.7 Å². The molecule has 144 valence electrons. The Bertz CT molecular complexity index is 839. The van der Waals surface area contributed by atoms with Crippen LogP contribution in [-0.2, 0) is 11.0 Å². The molecule has 9 heteroatoms. The molecule has 0 saturated heterocycles. The van der Waals surface area contributed by atoms with E-state index in [2.05, 4.69) is 0 Å². The van der Waals surface area contributed by atoms with Gasteiger partial charge >= 0.3 is 6.18 Å². The van der Waals surface area contributed by atoms with Crippen molar-refractivity contribution >= 4 is 11.6 Å². The summed E-state index contributed by atoms with van der Waals surface area (Å²) in [4.78, 5) is 23.9. The van der Waals surface area contributed by atoms with Crippen LogP contribution < -0.4 is 4.74 Å². The SMILES string of the molecule is CC(c1cccc([N+](=O)[O-])c1)N(C)C(=O)COc1cccc(C(F)(F)F)c1. The van der Waals surface area contributed by atoms with E-state index in [1.165, 1.54) is 42.3 Å². The number of halogens is 3. The Morgan fingerprint density at radius 1 is 1.22 bits per heavy atom. The quantitative estimate of drug-likeness (QED) is 0.554. The summed E-state index contributed by atoms with van der Waals surface area (Å²) in [6.07, 6.45) is -4.50. The van der Waals surface area contributed by atoms with Crippen LogP contribution >= 0.6 is 0 Å². The summed E-state index contributed by atoms with van der Waals surface area (Å²) in [5, 5.41) is 10.9. The fourth-order valence-corrected chi connectivity index (χ4v) is 2.35. The van der Waals surface area contributed by atoms with E-state index in [9.17, 15) is 28.1 Å². The van der Waals surface area contributed by atoms with E-state index < -0.39 is 35.2 Å². The van der Waals surface area contributed by atoms with Crippen molar-refractivity contribution in [2.45, 2.75) is 19.1 Å². The van der Waals surface area contributed by atoms with E-state index in [0.717, 1.165) is 12.1 Å². The number of benzene rings is 2. The normalized spacial score (nSPS) is 12.3. The Labute approximate surface area is 153 Å². The second-order valence-electron chi connectivity index (χ2n) is 5.85. The monoisotopic (exact) mass is 382 g/mol. The highest BCUT2D eigenvalue weighted by Crippen LogP contribution is 2.31. The molecule has 0 aromatic heterocycles. The van der Waals surface area contributed by atoms with E-state index in [1.54, 1.807) is 13.0 Å². The molecule has 1 amide bonds. The molecule has 0 N–H and O–H groups in total. The first-order chi connectivity index (χ1) is 12.6. The average Bonchev–Trinajstić information content (AvgIpc) is 2.64. The zero-order chi connectivity index (χ0) is 20.2. The smallest absolute Gasteiger partial charge is 0.416 e. The van der Waals surface area contributed by atoms with Gasteiger partial charge in [-0.1, -0.05) is 18.2 Å². The maximum atomic E-state index is 12.7. The van der Waals surface area contributed by atoms with Crippen LogP contribution in [0.5, 0.6) is 5.75 Å². The molecule has 0 aliphatic heterocycles. The fraction of sp³-hybridized carbons (Fsp3) is 0.278. The topological polar surface area (TPSA) is 72.7 Å². The molecule has 1 unspecified atom stereocenters. The molecule has 0 radical (unpaired) electrons. The standard InChI is InChI=1S/C18H17F3N2O4/c1-12(13-5-3-7-15(9-13)23(25)26)22(2)17(24)11-27-16-8-4-6-14(10-16)18(19,20)21/h3-10,12H,11H2,1-2H3. The summed E-state index contributed by atoms with van der Waals surface area (Å²) >= 11 is 0. The minimum atomic E-state index is -4.50. The van der Waals surface area contributed by atoms with Crippen molar-refractivity contribution in [1.82, 2.24) is 4.90 Å². The third-order valence-corrected chi connectivity index (χ3v) is 4.06. The minimum Gasteiger partial charge on any atom is -0.484 e. The summed E-state index contributed by atoms with van der Waals surface area (Å²) in [6, 6.07) is 9.63. The lowest BCUT2D eigenvalue weighted by Crippen LogP contribution is -2.33. The van der Waals surface area contributed by atoms with E-state index >= 15 is 0 Å². The van der Waals surface area contributed by atoms with E-state index in [4.69, 9.17) is 4.74 Å². The van der Waals surface area contributed by atoms with Gasteiger partial charge in [-0.3, -0.25) is 14.9 Å². The predicted molar refractivity (Wildman–Crippen MR) is 91.2 cm³/mol. The van der Waals surface area contributed by atoms with Crippen molar-refractivity contribution in [3.05, 3.63) is 69.8 Å². The molecule has 0 saturated carbocycles. The van der Waals surface area contributed by atoms with Crippen molar-refractivity contribution in [3.63, 3.8) is 0 Å². The number of carbonyl (C=O) groups is 1. The highest BCUT2D eigenvalue weighted by molar-refractivity contribution is 5.78. The Balaban J connectivity index is 2.03. The van der Waals surface area contributed by atoms with Crippen LogP contribution in [0.15, 0.2) is 48.5 Å². The van der Waals surface area contributed by atoms with E-state index in [-0.39, 0.29) is 11.4 Å². The molecule has 0 aliphatic rings. The average molecular weight is 382 g/mol. The zero-order valence-corrected chi connectivity index (χ0v) is 14.6. The largest absolute Gasteiger partial charge is 0.484 e. The van der Waals surface area contributed by atoms with Crippen LogP contribution in [0.4, 0.5) is 18.9 Å². The second kappa shape index (κ2) is 8.07. The Hall–Kier alpha value is -3.10. The highest BCUT2D eigenvalue weighted by Gasteiger charge is 2.30. The molecule has 27 heavy (non-hydrogen) atoms. The number of ether oxygens (including phenoxy) is 1. The lowest BCUT2D eigenvalue weighted by Gasteiger charge is -2.25. The van der Waals surface area contributed by atoms with Crippen LogP contribution in [0.3, 0.4) is 0 Å². The summed E-state index contributed by atoms with van der Waals surface area (Å²) in [5.41, 5.74) is -0.412. The summed E-state index contributed by atoms with van der Waals surface area (Å²) in [5.74, 6) is -0.555. The van der Waals surface area contributed by atoms with Crippen LogP contribution in [0, 0.1) is 10.1 Å². The van der Waals surface area contributed by atoms with Gasteiger partial charge in [0.2, 0.25) is 0 Å². The number of non-ortho nitro benzene ring substituents is 1. The number of hydrogen-bond acceptors (Lipinski definition) is 4. The highest BCUT2D eigenvalue weighted by atomic mass is 19.4. The number of nitro groups is 1. The summed E-state index contributed by atoms with van der Waals surface area (Å²) in [7, 11) is 1.49. The van der Waals surface area contributed by atoms with Crippen molar-refractivity contribution in [3.8, 4) is 5.75 Å². The lowest BCUT2D eigenvalue weighted by atomic mass is 10.1. The lowest BCUT2D eigenvalue weighted by molar-refractivity contribution is -0.384. The van der Waals surface area contributed by atoms with Gasteiger partial charge in [0.1, 0.15) is 5.75 Å². The first-order valence-corrected chi connectivity index (χ1v) is 7.89.